The average Bonchev–Trinajstić information content (AvgIpc) is 2.71. The molecule has 0 radical (unpaired) electrons. The zero-order valence-corrected chi connectivity index (χ0v) is 8.93. The van der Waals surface area contributed by atoms with Crippen molar-refractivity contribution in [1.82, 2.24) is 14.8 Å². The summed E-state index contributed by atoms with van der Waals surface area (Å²) in [6.07, 6.45) is 0. The number of hydrogen-bond acceptors (Lipinski definition) is 5. The molecule has 0 aliphatic carbocycles. The van der Waals surface area contributed by atoms with Gasteiger partial charge in [0.1, 0.15) is 6.61 Å². The van der Waals surface area contributed by atoms with Crippen molar-refractivity contribution in [2.75, 3.05) is 24.6 Å². The van der Waals surface area contributed by atoms with Gasteiger partial charge in [-0.05, 0) is 13.8 Å². The van der Waals surface area contributed by atoms with E-state index < -0.39 is 0 Å². The van der Waals surface area contributed by atoms with Crippen LogP contribution in [0.15, 0.2) is 4.79 Å². The summed E-state index contributed by atoms with van der Waals surface area (Å²) in [4.78, 5) is 13.8. The van der Waals surface area contributed by atoms with Gasteiger partial charge < -0.3 is 9.64 Å². The fourth-order valence-electron chi connectivity index (χ4n) is 1.65. The number of rotatable bonds is 3. The van der Waals surface area contributed by atoms with Gasteiger partial charge in [-0.1, -0.05) is 5.10 Å². The molecule has 0 spiro atoms. The molecule has 1 aliphatic heterocycles. The van der Waals surface area contributed by atoms with Crippen LogP contribution in [-0.4, -0.2) is 34.5 Å². The Labute approximate surface area is 87.5 Å². The van der Waals surface area contributed by atoms with Gasteiger partial charge in [-0.25, -0.2) is 0 Å². The Kier molecular flexibility index (Phi) is 2.57. The summed E-state index contributed by atoms with van der Waals surface area (Å²) in [7, 11) is 0. The Balaban J connectivity index is 2.46. The minimum atomic E-state index is -0.110. The maximum atomic E-state index is 12.0. The summed E-state index contributed by atoms with van der Waals surface area (Å²) >= 11 is 0. The first-order chi connectivity index (χ1) is 7.27. The molecule has 0 bridgehead atoms. The van der Waals surface area contributed by atoms with Crippen molar-refractivity contribution in [3.05, 3.63) is 10.4 Å². The molecule has 0 amide bonds. The topological polar surface area (TPSA) is 60.2 Å². The normalized spacial score (nSPS) is 13.5. The molecule has 2 rings (SSSR count). The van der Waals surface area contributed by atoms with Crippen molar-refractivity contribution in [2.24, 2.45) is 0 Å². The second kappa shape index (κ2) is 3.88. The van der Waals surface area contributed by atoms with Gasteiger partial charge >= 0.3 is 6.01 Å². The van der Waals surface area contributed by atoms with Crippen LogP contribution in [0.25, 0.3) is 0 Å². The van der Waals surface area contributed by atoms with Crippen molar-refractivity contribution in [1.29, 1.82) is 0 Å². The Morgan fingerprint density at radius 3 is 2.80 bits per heavy atom. The lowest BCUT2D eigenvalue weighted by Gasteiger charge is -2.18. The van der Waals surface area contributed by atoms with Crippen LogP contribution in [0.5, 0.6) is 6.01 Å². The smallest absolute Gasteiger partial charge is 0.318 e. The molecule has 1 aliphatic rings. The lowest BCUT2D eigenvalue weighted by atomic mass is 10.5. The van der Waals surface area contributed by atoms with Crippen LogP contribution in [0.3, 0.4) is 0 Å². The summed E-state index contributed by atoms with van der Waals surface area (Å²) in [5.41, 5.74) is -0.110. The summed E-state index contributed by atoms with van der Waals surface area (Å²) < 4.78 is 6.68. The Morgan fingerprint density at radius 2 is 2.13 bits per heavy atom. The van der Waals surface area contributed by atoms with E-state index in [2.05, 4.69) is 10.2 Å². The third kappa shape index (κ3) is 1.55. The highest BCUT2D eigenvalue weighted by atomic mass is 16.5. The minimum absolute atomic E-state index is 0.110. The molecule has 6 heteroatoms. The van der Waals surface area contributed by atoms with Gasteiger partial charge in [-0.2, -0.15) is 0 Å². The number of ether oxygens (including phenoxy) is 1. The first-order valence-electron chi connectivity index (χ1n) is 5.13. The van der Waals surface area contributed by atoms with Crippen molar-refractivity contribution in [3.8, 4) is 6.01 Å². The van der Waals surface area contributed by atoms with Crippen LogP contribution in [0.2, 0.25) is 0 Å². The SMILES string of the molecule is CCN(CC)c1nnc2n(c1=O)CCO2. The minimum Gasteiger partial charge on any atom is -0.462 e. The highest BCUT2D eigenvalue weighted by Crippen LogP contribution is 2.12. The largest absolute Gasteiger partial charge is 0.462 e. The van der Waals surface area contributed by atoms with Crippen molar-refractivity contribution < 1.29 is 4.74 Å². The Hall–Kier alpha value is -1.59. The highest BCUT2D eigenvalue weighted by molar-refractivity contribution is 5.35. The average molecular weight is 210 g/mol. The van der Waals surface area contributed by atoms with E-state index in [4.69, 9.17) is 4.74 Å². The van der Waals surface area contributed by atoms with E-state index in [1.54, 1.807) is 0 Å². The standard InChI is InChI=1S/C9H14N4O2/c1-3-12(4-2)7-8(14)13-5-6-15-9(13)11-10-7/h3-6H2,1-2H3. The number of fused-ring (bicyclic) bond motifs is 1. The summed E-state index contributed by atoms with van der Waals surface area (Å²) in [6.45, 7) is 6.54. The maximum Gasteiger partial charge on any atom is 0.318 e. The number of nitrogens with zero attached hydrogens (tertiary/aromatic N) is 4. The van der Waals surface area contributed by atoms with Gasteiger partial charge in [0.15, 0.2) is 0 Å². The number of hydrogen-bond donors (Lipinski definition) is 0. The van der Waals surface area contributed by atoms with Gasteiger partial charge in [-0.15, -0.1) is 5.10 Å². The van der Waals surface area contributed by atoms with E-state index >= 15 is 0 Å². The molecule has 0 atom stereocenters. The van der Waals surface area contributed by atoms with Crippen LogP contribution in [0, 0.1) is 0 Å². The molecule has 15 heavy (non-hydrogen) atoms. The fraction of sp³-hybridized carbons (Fsp3) is 0.667. The van der Waals surface area contributed by atoms with E-state index in [-0.39, 0.29) is 5.56 Å². The van der Waals surface area contributed by atoms with Crippen LogP contribution >= 0.6 is 0 Å². The molecule has 82 valence electrons. The lowest BCUT2D eigenvalue weighted by Crippen LogP contribution is -2.33. The summed E-state index contributed by atoms with van der Waals surface area (Å²) in [6, 6.07) is 0.330. The molecule has 1 aromatic rings. The van der Waals surface area contributed by atoms with E-state index in [9.17, 15) is 4.79 Å². The molecule has 6 nitrogen and oxygen atoms in total. The Bertz CT molecular complexity index is 411. The molecule has 0 aromatic carbocycles. The van der Waals surface area contributed by atoms with Crippen molar-refractivity contribution in [2.45, 2.75) is 20.4 Å². The molecular weight excluding hydrogens is 196 g/mol. The molecule has 0 saturated carbocycles. The maximum absolute atomic E-state index is 12.0. The molecule has 2 heterocycles. The van der Waals surface area contributed by atoms with E-state index in [1.807, 2.05) is 18.7 Å². The third-order valence-corrected chi connectivity index (χ3v) is 2.51. The van der Waals surface area contributed by atoms with Gasteiger partial charge in [0, 0.05) is 13.1 Å². The third-order valence-electron chi connectivity index (χ3n) is 2.51. The number of aromatic nitrogens is 3. The molecule has 0 unspecified atom stereocenters. The second-order valence-electron chi connectivity index (χ2n) is 3.28. The van der Waals surface area contributed by atoms with Crippen LogP contribution in [0.4, 0.5) is 5.82 Å². The zero-order chi connectivity index (χ0) is 10.8. The predicted octanol–water partition coefficient (Wildman–Crippen LogP) is -0.123. The van der Waals surface area contributed by atoms with E-state index in [0.717, 1.165) is 13.1 Å². The first-order valence-corrected chi connectivity index (χ1v) is 5.13. The fourth-order valence-corrected chi connectivity index (χ4v) is 1.65. The second-order valence-corrected chi connectivity index (χ2v) is 3.28. The first kappa shape index (κ1) is 9.95. The molecule has 0 N–H and O–H groups in total. The lowest BCUT2D eigenvalue weighted by molar-refractivity contribution is 0.340. The Morgan fingerprint density at radius 1 is 1.40 bits per heavy atom. The molecule has 0 saturated heterocycles. The highest BCUT2D eigenvalue weighted by Gasteiger charge is 2.20. The quantitative estimate of drug-likeness (QED) is 0.696. The van der Waals surface area contributed by atoms with E-state index in [1.165, 1.54) is 4.57 Å². The van der Waals surface area contributed by atoms with Crippen molar-refractivity contribution >= 4 is 5.82 Å². The van der Waals surface area contributed by atoms with Gasteiger partial charge in [-0.3, -0.25) is 9.36 Å². The summed E-state index contributed by atoms with van der Waals surface area (Å²) in [5, 5.41) is 7.80. The molecule has 0 fully saturated rings. The summed E-state index contributed by atoms with van der Waals surface area (Å²) in [5.74, 6) is 0.411. The predicted molar refractivity (Wildman–Crippen MR) is 55.3 cm³/mol. The van der Waals surface area contributed by atoms with Gasteiger partial charge in [0.05, 0.1) is 6.54 Å². The van der Waals surface area contributed by atoms with E-state index in [0.29, 0.717) is 25.0 Å². The van der Waals surface area contributed by atoms with Gasteiger partial charge in [0.2, 0.25) is 5.82 Å². The van der Waals surface area contributed by atoms with Crippen molar-refractivity contribution in [3.63, 3.8) is 0 Å². The zero-order valence-electron chi connectivity index (χ0n) is 8.93. The molecule has 1 aromatic heterocycles. The van der Waals surface area contributed by atoms with Crippen LogP contribution < -0.4 is 15.2 Å². The monoisotopic (exact) mass is 210 g/mol. The molecular formula is C9H14N4O2. The number of anilines is 1. The van der Waals surface area contributed by atoms with Gasteiger partial charge in [0.25, 0.3) is 5.56 Å². The van der Waals surface area contributed by atoms with Crippen LogP contribution in [0.1, 0.15) is 13.8 Å². The van der Waals surface area contributed by atoms with Crippen LogP contribution in [-0.2, 0) is 6.54 Å².